The van der Waals surface area contributed by atoms with Crippen LogP contribution in [0.15, 0.2) is 24.3 Å². The van der Waals surface area contributed by atoms with E-state index in [1.54, 1.807) is 12.1 Å². The van der Waals surface area contributed by atoms with Crippen LogP contribution in [0.1, 0.15) is 31.2 Å². The fourth-order valence-corrected chi connectivity index (χ4v) is 2.42. The van der Waals surface area contributed by atoms with Crippen molar-refractivity contribution in [3.05, 3.63) is 35.6 Å². The zero-order valence-electron chi connectivity index (χ0n) is 11.7. The second-order valence-corrected chi connectivity index (χ2v) is 5.37. The van der Waals surface area contributed by atoms with Crippen LogP contribution < -0.4 is 5.32 Å². The Morgan fingerprint density at radius 1 is 1.35 bits per heavy atom. The van der Waals surface area contributed by atoms with E-state index in [0.717, 1.165) is 51.0 Å². The molecular weight excluding hydrogens is 257 g/mol. The first-order chi connectivity index (χ1) is 9.74. The Balaban J connectivity index is 1.58. The molecule has 1 fully saturated rings. The molecule has 1 aliphatic rings. The molecule has 1 amide bonds. The monoisotopic (exact) mass is 279 g/mol. The average Bonchev–Trinajstić information content (AvgIpc) is 2.48. The molecule has 0 unspecified atom stereocenters. The Morgan fingerprint density at radius 3 is 2.85 bits per heavy atom. The molecule has 0 saturated carbocycles. The lowest BCUT2D eigenvalue weighted by molar-refractivity contribution is -0.121. The molecule has 1 aromatic carbocycles. The van der Waals surface area contributed by atoms with Gasteiger partial charge < -0.3 is 10.1 Å². The van der Waals surface area contributed by atoms with Gasteiger partial charge >= 0.3 is 0 Å². The summed E-state index contributed by atoms with van der Waals surface area (Å²) >= 11 is 0. The quantitative estimate of drug-likeness (QED) is 0.869. The number of aryl methyl sites for hydroxylation is 1. The van der Waals surface area contributed by atoms with Crippen molar-refractivity contribution in [1.82, 2.24) is 5.32 Å². The molecule has 1 heterocycles. The van der Waals surface area contributed by atoms with Crippen LogP contribution in [0.3, 0.4) is 0 Å². The molecule has 0 aromatic heterocycles. The van der Waals surface area contributed by atoms with Crippen molar-refractivity contribution in [2.75, 3.05) is 19.8 Å². The number of carbonyl (C=O) groups is 1. The van der Waals surface area contributed by atoms with Gasteiger partial charge in [-0.2, -0.15) is 0 Å². The number of benzene rings is 1. The molecule has 1 saturated heterocycles. The van der Waals surface area contributed by atoms with Gasteiger partial charge in [0.2, 0.25) is 5.91 Å². The Bertz CT molecular complexity index is 413. The molecule has 110 valence electrons. The molecule has 0 spiro atoms. The van der Waals surface area contributed by atoms with Crippen molar-refractivity contribution in [3.63, 3.8) is 0 Å². The van der Waals surface area contributed by atoms with Crippen molar-refractivity contribution in [2.24, 2.45) is 5.92 Å². The van der Waals surface area contributed by atoms with E-state index in [9.17, 15) is 9.18 Å². The van der Waals surface area contributed by atoms with Crippen LogP contribution in [0, 0.1) is 11.7 Å². The maximum atomic E-state index is 12.7. The van der Waals surface area contributed by atoms with Crippen LogP contribution in [-0.2, 0) is 16.0 Å². The molecule has 1 atom stereocenters. The minimum absolute atomic E-state index is 0.0951. The van der Waals surface area contributed by atoms with E-state index in [4.69, 9.17) is 4.74 Å². The Hall–Kier alpha value is -1.42. The molecule has 2 rings (SSSR count). The standard InChI is InChI=1S/C16H22FNO2/c17-15-8-6-13(7-9-15)3-1-5-16(19)18-11-14-4-2-10-20-12-14/h6-9,14H,1-5,10-12H2,(H,18,19)/t14-/m0/s1. The Labute approximate surface area is 119 Å². The third kappa shape index (κ3) is 5.29. The fraction of sp³-hybridized carbons (Fsp3) is 0.562. The minimum Gasteiger partial charge on any atom is -0.381 e. The van der Waals surface area contributed by atoms with E-state index in [1.165, 1.54) is 12.1 Å². The van der Waals surface area contributed by atoms with Crippen molar-refractivity contribution in [1.29, 1.82) is 0 Å². The number of hydrogen-bond donors (Lipinski definition) is 1. The van der Waals surface area contributed by atoms with Gasteiger partial charge in [-0.05, 0) is 49.3 Å². The van der Waals surface area contributed by atoms with Gasteiger partial charge in [-0.1, -0.05) is 12.1 Å². The number of hydrogen-bond acceptors (Lipinski definition) is 2. The largest absolute Gasteiger partial charge is 0.381 e. The van der Waals surface area contributed by atoms with E-state index >= 15 is 0 Å². The van der Waals surface area contributed by atoms with Gasteiger partial charge in [0.1, 0.15) is 5.82 Å². The highest BCUT2D eigenvalue weighted by molar-refractivity contribution is 5.75. The smallest absolute Gasteiger partial charge is 0.220 e. The van der Waals surface area contributed by atoms with Crippen molar-refractivity contribution < 1.29 is 13.9 Å². The topological polar surface area (TPSA) is 38.3 Å². The van der Waals surface area contributed by atoms with Crippen LogP contribution in [0.2, 0.25) is 0 Å². The summed E-state index contributed by atoms with van der Waals surface area (Å²) in [4.78, 5) is 11.7. The highest BCUT2D eigenvalue weighted by Crippen LogP contribution is 2.12. The van der Waals surface area contributed by atoms with Crippen LogP contribution in [-0.4, -0.2) is 25.7 Å². The van der Waals surface area contributed by atoms with E-state index in [0.29, 0.717) is 12.3 Å². The lowest BCUT2D eigenvalue weighted by Crippen LogP contribution is -2.33. The molecule has 4 heteroatoms. The van der Waals surface area contributed by atoms with Crippen molar-refractivity contribution >= 4 is 5.91 Å². The van der Waals surface area contributed by atoms with Gasteiger partial charge in [-0.3, -0.25) is 4.79 Å². The molecule has 3 nitrogen and oxygen atoms in total. The SMILES string of the molecule is O=C(CCCc1ccc(F)cc1)NC[C@@H]1CCCOC1. The van der Waals surface area contributed by atoms with E-state index in [2.05, 4.69) is 5.32 Å². The van der Waals surface area contributed by atoms with Crippen molar-refractivity contribution in [3.8, 4) is 0 Å². The van der Waals surface area contributed by atoms with E-state index < -0.39 is 0 Å². The lowest BCUT2D eigenvalue weighted by atomic mass is 10.0. The van der Waals surface area contributed by atoms with Crippen LogP contribution >= 0.6 is 0 Å². The first kappa shape index (κ1) is 15.0. The van der Waals surface area contributed by atoms with Gasteiger partial charge in [0.05, 0.1) is 6.61 Å². The predicted molar refractivity (Wildman–Crippen MR) is 75.9 cm³/mol. The first-order valence-corrected chi connectivity index (χ1v) is 7.33. The van der Waals surface area contributed by atoms with Gasteiger partial charge in [0.25, 0.3) is 0 Å². The van der Waals surface area contributed by atoms with Crippen LogP contribution in [0.4, 0.5) is 4.39 Å². The molecule has 1 aliphatic heterocycles. The summed E-state index contributed by atoms with van der Waals surface area (Å²) < 4.78 is 18.1. The maximum Gasteiger partial charge on any atom is 0.220 e. The number of carbonyl (C=O) groups excluding carboxylic acids is 1. The Kier molecular flexibility index (Phi) is 5.99. The summed E-state index contributed by atoms with van der Waals surface area (Å²) in [6.07, 6.45) is 4.34. The summed E-state index contributed by atoms with van der Waals surface area (Å²) in [6.45, 7) is 2.33. The second-order valence-electron chi connectivity index (χ2n) is 5.37. The second kappa shape index (κ2) is 8.00. The highest BCUT2D eigenvalue weighted by atomic mass is 19.1. The minimum atomic E-state index is -0.221. The summed E-state index contributed by atoms with van der Waals surface area (Å²) in [5.41, 5.74) is 1.07. The number of amides is 1. The summed E-state index contributed by atoms with van der Waals surface area (Å²) in [7, 11) is 0. The number of rotatable bonds is 6. The van der Waals surface area contributed by atoms with Crippen LogP contribution in [0.5, 0.6) is 0 Å². The molecule has 0 aliphatic carbocycles. The normalized spacial score (nSPS) is 18.8. The number of ether oxygens (including phenoxy) is 1. The first-order valence-electron chi connectivity index (χ1n) is 7.33. The third-order valence-corrected chi connectivity index (χ3v) is 3.63. The van der Waals surface area contributed by atoms with Gasteiger partial charge in [0.15, 0.2) is 0 Å². The number of nitrogens with one attached hydrogen (secondary N) is 1. The Morgan fingerprint density at radius 2 is 2.15 bits per heavy atom. The zero-order chi connectivity index (χ0) is 14.2. The molecular formula is C16H22FNO2. The van der Waals surface area contributed by atoms with Gasteiger partial charge in [-0.15, -0.1) is 0 Å². The molecule has 1 aromatic rings. The highest BCUT2D eigenvalue weighted by Gasteiger charge is 2.14. The van der Waals surface area contributed by atoms with Gasteiger partial charge in [0, 0.05) is 19.6 Å². The fourth-order valence-electron chi connectivity index (χ4n) is 2.42. The third-order valence-electron chi connectivity index (χ3n) is 3.63. The average molecular weight is 279 g/mol. The van der Waals surface area contributed by atoms with E-state index in [1.807, 2.05) is 0 Å². The zero-order valence-corrected chi connectivity index (χ0v) is 11.7. The lowest BCUT2D eigenvalue weighted by Gasteiger charge is -2.22. The van der Waals surface area contributed by atoms with E-state index in [-0.39, 0.29) is 11.7 Å². The molecule has 0 bridgehead atoms. The van der Waals surface area contributed by atoms with Crippen LogP contribution in [0.25, 0.3) is 0 Å². The van der Waals surface area contributed by atoms with Crippen molar-refractivity contribution in [2.45, 2.75) is 32.1 Å². The summed E-state index contributed by atoms with van der Waals surface area (Å²) in [6, 6.07) is 6.45. The molecule has 0 radical (unpaired) electrons. The summed E-state index contributed by atoms with van der Waals surface area (Å²) in [5.74, 6) is 0.337. The predicted octanol–water partition coefficient (Wildman–Crippen LogP) is 2.69. The maximum absolute atomic E-state index is 12.7. The summed E-state index contributed by atoms with van der Waals surface area (Å²) in [5, 5.41) is 2.97. The number of halogens is 1. The van der Waals surface area contributed by atoms with Gasteiger partial charge in [-0.25, -0.2) is 4.39 Å². The molecule has 20 heavy (non-hydrogen) atoms. The molecule has 1 N–H and O–H groups in total.